The van der Waals surface area contributed by atoms with Gasteiger partial charge in [-0.25, -0.2) is 0 Å². The first-order valence-electron chi connectivity index (χ1n) is 13.6. The molecule has 2 heterocycles. The molecule has 2 saturated heterocycles. The average molecular weight is 446 g/mol. The Hall–Kier alpha value is -0.490. The van der Waals surface area contributed by atoms with Gasteiger partial charge in [0.1, 0.15) is 17.4 Å². The normalized spacial score (nSPS) is 61.8. The van der Waals surface area contributed by atoms with E-state index in [-0.39, 0.29) is 34.0 Å². The summed E-state index contributed by atoms with van der Waals surface area (Å²) in [6.07, 6.45) is 7.96. The van der Waals surface area contributed by atoms with Crippen molar-refractivity contribution in [3.8, 4) is 0 Å². The molecule has 6 fully saturated rings. The number of quaternary nitrogens is 1. The molecule has 32 heavy (non-hydrogen) atoms. The van der Waals surface area contributed by atoms with Gasteiger partial charge in [0.15, 0.2) is 0 Å². The average Bonchev–Trinajstić information content (AvgIpc) is 3.08. The lowest BCUT2D eigenvalue weighted by Crippen LogP contribution is -2.73. The van der Waals surface area contributed by atoms with Crippen molar-refractivity contribution < 1.29 is 19.7 Å². The molecular formula is C27H43NO4. The fourth-order valence-electron chi connectivity index (χ4n) is 10.7. The smallest absolute Gasteiger partial charge is 0.136 e. The van der Waals surface area contributed by atoms with Crippen LogP contribution in [0.4, 0.5) is 0 Å². The van der Waals surface area contributed by atoms with Crippen LogP contribution in [0.15, 0.2) is 0 Å². The highest BCUT2D eigenvalue weighted by molar-refractivity contribution is 5.83. The first-order valence-corrected chi connectivity index (χ1v) is 13.6. The summed E-state index contributed by atoms with van der Waals surface area (Å²) in [6, 6.07) is -0.163. The zero-order chi connectivity index (χ0) is 22.6. The number of fused-ring (bicyclic) bond motifs is 8. The predicted octanol–water partition coefficient (Wildman–Crippen LogP) is 3.90. The Morgan fingerprint density at radius 2 is 1.72 bits per heavy atom. The molecule has 4 saturated carbocycles. The van der Waals surface area contributed by atoms with Crippen LogP contribution >= 0.6 is 0 Å². The number of aliphatic hydroxyl groups is 2. The molecule has 13 atom stereocenters. The number of hydrogen-bond donors (Lipinski definition) is 2. The van der Waals surface area contributed by atoms with E-state index in [4.69, 9.17) is 0 Å². The Morgan fingerprint density at radius 3 is 2.50 bits per heavy atom. The van der Waals surface area contributed by atoms with Gasteiger partial charge in [-0.2, -0.15) is 0 Å². The van der Waals surface area contributed by atoms with Crippen LogP contribution < -0.4 is 0 Å². The molecule has 2 N–H and O–H groups in total. The highest BCUT2D eigenvalue weighted by Crippen LogP contribution is 2.67. The highest BCUT2D eigenvalue weighted by Gasteiger charge is 2.66. The van der Waals surface area contributed by atoms with Crippen LogP contribution in [0.5, 0.6) is 0 Å². The number of rotatable bonds is 0. The van der Waals surface area contributed by atoms with Crippen molar-refractivity contribution in [2.24, 2.45) is 52.8 Å². The summed E-state index contributed by atoms with van der Waals surface area (Å²) < 4.78 is -0.182. The number of carbonyl (C=O) groups is 1. The third-order valence-electron chi connectivity index (χ3n) is 12.1. The van der Waals surface area contributed by atoms with E-state index in [1.165, 1.54) is 0 Å². The second-order valence-electron chi connectivity index (χ2n) is 13.6. The Bertz CT molecular complexity index is 794. The molecule has 0 aromatic carbocycles. The van der Waals surface area contributed by atoms with Gasteiger partial charge in [-0.15, -0.1) is 0 Å². The van der Waals surface area contributed by atoms with Crippen molar-refractivity contribution in [2.45, 2.75) is 96.3 Å². The molecule has 0 amide bonds. The Labute approximate surface area is 193 Å². The van der Waals surface area contributed by atoms with Crippen LogP contribution in [0.2, 0.25) is 0 Å². The zero-order valence-electron chi connectivity index (χ0n) is 20.2. The summed E-state index contributed by atoms with van der Waals surface area (Å²) in [5, 5.41) is 36.3. The lowest BCUT2D eigenvalue weighted by atomic mass is 9.51. The molecule has 6 rings (SSSR count). The quantitative estimate of drug-likeness (QED) is 0.438. The molecule has 2 aliphatic heterocycles. The molecule has 1 unspecified atom stereocenters. The van der Waals surface area contributed by atoms with E-state index < -0.39 is 5.60 Å². The van der Waals surface area contributed by atoms with E-state index in [2.05, 4.69) is 13.8 Å². The molecule has 6 aliphatic rings. The van der Waals surface area contributed by atoms with Gasteiger partial charge in [0.25, 0.3) is 0 Å². The van der Waals surface area contributed by atoms with E-state index in [1.54, 1.807) is 0 Å². The summed E-state index contributed by atoms with van der Waals surface area (Å²) in [5.74, 6) is 3.37. The van der Waals surface area contributed by atoms with Gasteiger partial charge in [-0.1, -0.05) is 13.8 Å². The maximum atomic E-state index is 14.2. The Kier molecular flexibility index (Phi) is 4.83. The van der Waals surface area contributed by atoms with Gasteiger partial charge in [0.2, 0.25) is 0 Å². The number of aliphatic hydroxyl groups excluding tert-OH is 1. The number of ketones is 1. The van der Waals surface area contributed by atoms with Crippen LogP contribution in [-0.2, 0) is 4.79 Å². The first kappa shape index (κ1) is 22.0. The third kappa shape index (κ3) is 2.86. The molecule has 0 aromatic heterocycles. The number of hydroxylamine groups is 3. The lowest BCUT2D eigenvalue weighted by Gasteiger charge is -2.66. The van der Waals surface area contributed by atoms with Crippen LogP contribution in [0, 0.1) is 58.0 Å². The fraction of sp³-hybridized carbons (Fsp3) is 0.963. The predicted molar refractivity (Wildman–Crippen MR) is 122 cm³/mol. The molecule has 4 aliphatic carbocycles. The van der Waals surface area contributed by atoms with E-state index in [0.29, 0.717) is 67.2 Å². The van der Waals surface area contributed by atoms with Gasteiger partial charge in [-0.3, -0.25) is 4.79 Å². The molecule has 180 valence electrons. The maximum absolute atomic E-state index is 14.2. The first-order chi connectivity index (χ1) is 15.0. The number of carbonyl (C=O) groups excluding carboxylic acids is 1. The summed E-state index contributed by atoms with van der Waals surface area (Å²) in [5.41, 5.74) is -0.865. The third-order valence-corrected chi connectivity index (χ3v) is 12.1. The van der Waals surface area contributed by atoms with Crippen LogP contribution in [0.25, 0.3) is 0 Å². The zero-order valence-corrected chi connectivity index (χ0v) is 20.2. The Balaban J connectivity index is 1.33. The monoisotopic (exact) mass is 445 g/mol. The van der Waals surface area contributed by atoms with Gasteiger partial charge in [0, 0.05) is 36.5 Å². The van der Waals surface area contributed by atoms with Crippen molar-refractivity contribution in [1.82, 2.24) is 0 Å². The Morgan fingerprint density at radius 1 is 0.938 bits per heavy atom. The van der Waals surface area contributed by atoms with Crippen molar-refractivity contribution in [3.05, 3.63) is 5.21 Å². The van der Waals surface area contributed by atoms with Gasteiger partial charge >= 0.3 is 0 Å². The molecule has 0 radical (unpaired) electrons. The van der Waals surface area contributed by atoms with Crippen LogP contribution in [-0.4, -0.2) is 51.5 Å². The van der Waals surface area contributed by atoms with E-state index in [1.807, 2.05) is 6.92 Å². The molecular weight excluding hydrogens is 402 g/mol. The standard InChI is InChI=1S/C27H43NO4/c1-15-4-7-25-27(3,31)21-6-5-17-18(20(21)14-28(25,32)13-15)11-22-19(17)12-24(30)23-10-16(29)8-9-26(22,23)2/h15-23,25,29,31H,4-14H2,1-3H3/t15-,16-,17+,18+,19-,20-,21-,22-,23+,25-,26+,27-,28?/m0/s1. The number of hydrogen-bond acceptors (Lipinski definition) is 4. The minimum absolute atomic E-state index is 0.00908. The van der Waals surface area contributed by atoms with Crippen molar-refractivity contribution in [1.29, 1.82) is 0 Å². The number of nitrogens with zero attached hydrogens (tertiary/aromatic N) is 1. The van der Waals surface area contributed by atoms with E-state index in [9.17, 15) is 20.2 Å². The van der Waals surface area contributed by atoms with Crippen LogP contribution in [0.1, 0.15) is 78.6 Å². The van der Waals surface area contributed by atoms with Gasteiger partial charge in [-0.05, 0) is 81.0 Å². The van der Waals surface area contributed by atoms with Crippen LogP contribution in [0.3, 0.4) is 0 Å². The SMILES string of the molecule is C[C@H]1CC[C@H]2[C@@](C)(O)[C@H]3CC[C@@H]4[C@@H](C[C@H]5[C@H]4CC(=O)[C@H]4C[C@@H](O)CC[C@@]45C)[C@@H]3C[N+]2([O-])C1. The molecule has 0 bridgehead atoms. The minimum atomic E-state index is -0.874. The van der Waals surface area contributed by atoms with Gasteiger partial charge < -0.3 is 20.1 Å². The van der Waals surface area contributed by atoms with E-state index >= 15 is 0 Å². The van der Waals surface area contributed by atoms with Crippen molar-refractivity contribution >= 4 is 5.78 Å². The van der Waals surface area contributed by atoms with Gasteiger partial charge in [0.05, 0.1) is 19.2 Å². The second-order valence-corrected chi connectivity index (χ2v) is 13.6. The topological polar surface area (TPSA) is 80.6 Å². The molecule has 0 spiro atoms. The highest BCUT2D eigenvalue weighted by atomic mass is 16.6. The van der Waals surface area contributed by atoms with E-state index in [0.717, 1.165) is 44.9 Å². The second kappa shape index (κ2) is 7.02. The summed E-state index contributed by atoms with van der Waals surface area (Å²) in [7, 11) is 0. The molecule has 0 aromatic rings. The summed E-state index contributed by atoms with van der Waals surface area (Å²) in [6.45, 7) is 7.87. The number of Topliss-reactive ketones (excluding diaryl/α,β-unsaturated/α-hetero) is 1. The summed E-state index contributed by atoms with van der Waals surface area (Å²) >= 11 is 0. The van der Waals surface area contributed by atoms with Crippen molar-refractivity contribution in [2.75, 3.05) is 13.1 Å². The van der Waals surface area contributed by atoms with Crippen molar-refractivity contribution in [3.63, 3.8) is 0 Å². The fourth-order valence-corrected chi connectivity index (χ4v) is 10.7. The molecule has 5 nitrogen and oxygen atoms in total. The maximum Gasteiger partial charge on any atom is 0.136 e. The summed E-state index contributed by atoms with van der Waals surface area (Å²) in [4.78, 5) is 13.3. The number of piperidine rings is 2. The minimum Gasteiger partial charge on any atom is -0.633 e. The lowest BCUT2D eigenvalue weighted by molar-refractivity contribution is -0.933. The molecule has 5 heteroatoms. The largest absolute Gasteiger partial charge is 0.633 e.